The maximum absolute atomic E-state index is 14.5. The van der Waals surface area contributed by atoms with E-state index in [0.29, 0.717) is 5.52 Å². The van der Waals surface area contributed by atoms with Gasteiger partial charge in [0.1, 0.15) is 5.82 Å². The summed E-state index contributed by atoms with van der Waals surface area (Å²) in [5, 5.41) is 19.6. The van der Waals surface area contributed by atoms with Gasteiger partial charge in [0.15, 0.2) is 11.6 Å². The summed E-state index contributed by atoms with van der Waals surface area (Å²) >= 11 is 0. The first kappa shape index (κ1) is 13.2. The summed E-state index contributed by atoms with van der Waals surface area (Å²) in [6, 6.07) is 7.27. The maximum atomic E-state index is 14.5. The SMILES string of the molecule is COc1c(O)c(O)c(C)c(-c2nc3ccccc3[nH]2)c1F. The lowest BCUT2D eigenvalue weighted by molar-refractivity contribution is 0.333. The Hall–Kier alpha value is -2.76. The van der Waals surface area contributed by atoms with E-state index in [1.165, 1.54) is 14.0 Å². The summed E-state index contributed by atoms with van der Waals surface area (Å²) in [7, 11) is 1.22. The quantitative estimate of drug-likeness (QED) is 0.633. The van der Waals surface area contributed by atoms with Gasteiger partial charge >= 0.3 is 0 Å². The minimum Gasteiger partial charge on any atom is -0.504 e. The number of para-hydroxylation sites is 2. The van der Waals surface area contributed by atoms with Crippen LogP contribution in [0.2, 0.25) is 0 Å². The van der Waals surface area contributed by atoms with Gasteiger partial charge < -0.3 is 19.9 Å². The van der Waals surface area contributed by atoms with Gasteiger partial charge in [-0.15, -0.1) is 0 Å². The first-order chi connectivity index (χ1) is 10.0. The first-order valence-electron chi connectivity index (χ1n) is 6.27. The number of methoxy groups -OCH3 is 1. The number of aromatic amines is 1. The van der Waals surface area contributed by atoms with Crippen molar-refractivity contribution in [2.24, 2.45) is 0 Å². The number of aromatic hydroxyl groups is 2. The van der Waals surface area contributed by atoms with E-state index in [1.54, 1.807) is 6.07 Å². The number of fused-ring (bicyclic) bond motifs is 1. The van der Waals surface area contributed by atoms with Crippen molar-refractivity contribution in [3.8, 4) is 28.6 Å². The van der Waals surface area contributed by atoms with Crippen LogP contribution >= 0.6 is 0 Å². The molecule has 0 atom stereocenters. The topological polar surface area (TPSA) is 78.4 Å². The van der Waals surface area contributed by atoms with E-state index in [-0.39, 0.29) is 17.0 Å². The van der Waals surface area contributed by atoms with Crippen LogP contribution in [0.4, 0.5) is 4.39 Å². The number of benzene rings is 2. The van der Waals surface area contributed by atoms with Gasteiger partial charge in [0.25, 0.3) is 0 Å². The molecule has 21 heavy (non-hydrogen) atoms. The molecule has 108 valence electrons. The number of rotatable bonds is 2. The lowest BCUT2D eigenvalue weighted by Gasteiger charge is -2.13. The Balaban J connectivity index is 2.33. The number of nitrogens with one attached hydrogen (secondary N) is 1. The fraction of sp³-hybridized carbons (Fsp3) is 0.133. The zero-order chi connectivity index (χ0) is 15.1. The highest BCUT2D eigenvalue weighted by molar-refractivity contribution is 5.81. The van der Waals surface area contributed by atoms with Crippen molar-refractivity contribution in [3.63, 3.8) is 0 Å². The van der Waals surface area contributed by atoms with Crippen molar-refractivity contribution in [2.75, 3.05) is 7.11 Å². The van der Waals surface area contributed by atoms with Crippen LogP contribution < -0.4 is 4.74 Å². The molecule has 0 radical (unpaired) electrons. The third kappa shape index (κ3) is 1.87. The predicted molar refractivity (Wildman–Crippen MR) is 76.1 cm³/mol. The highest BCUT2D eigenvalue weighted by atomic mass is 19.1. The van der Waals surface area contributed by atoms with E-state index in [9.17, 15) is 14.6 Å². The lowest BCUT2D eigenvalue weighted by atomic mass is 10.0. The van der Waals surface area contributed by atoms with Crippen LogP contribution in [0.25, 0.3) is 22.4 Å². The van der Waals surface area contributed by atoms with Gasteiger partial charge in [0.05, 0.1) is 23.7 Å². The van der Waals surface area contributed by atoms with Gasteiger partial charge in [-0.1, -0.05) is 12.1 Å². The minimum atomic E-state index is -0.774. The first-order valence-corrected chi connectivity index (χ1v) is 6.27. The van der Waals surface area contributed by atoms with Crippen molar-refractivity contribution in [1.82, 2.24) is 9.97 Å². The molecule has 3 N–H and O–H groups in total. The Labute approximate surface area is 119 Å². The average Bonchev–Trinajstić information content (AvgIpc) is 2.89. The van der Waals surface area contributed by atoms with Gasteiger partial charge in [-0.3, -0.25) is 0 Å². The number of hydrogen-bond donors (Lipinski definition) is 3. The second kappa shape index (κ2) is 4.66. The monoisotopic (exact) mass is 288 g/mol. The molecule has 0 saturated carbocycles. The fourth-order valence-electron chi connectivity index (χ4n) is 2.32. The maximum Gasteiger partial charge on any atom is 0.203 e. The summed E-state index contributed by atoms with van der Waals surface area (Å²) in [5.74, 6) is -1.96. The standard InChI is InChI=1S/C15H13FN2O3/c1-7-10(11(16)14(21-2)13(20)12(7)19)15-17-8-5-3-4-6-9(8)18-15/h3-6,19-20H,1-2H3,(H,17,18). The average molecular weight is 288 g/mol. The Morgan fingerprint density at radius 2 is 1.90 bits per heavy atom. The second-order valence-corrected chi connectivity index (χ2v) is 4.65. The Morgan fingerprint density at radius 1 is 1.19 bits per heavy atom. The number of aromatic nitrogens is 2. The normalized spacial score (nSPS) is 11.0. The molecule has 1 heterocycles. The second-order valence-electron chi connectivity index (χ2n) is 4.65. The van der Waals surface area contributed by atoms with Crippen molar-refractivity contribution in [1.29, 1.82) is 0 Å². The highest BCUT2D eigenvalue weighted by Crippen LogP contribution is 2.45. The predicted octanol–water partition coefficient (Wildman–Crippen LogP) is 3.10. The van der Waals surface area contributed by atoms with E-state index in [4.69, 9.17) is 4.74 Å². The lowest BCUT2D eigenvalue weighted by Crippen LogP contribution is -1.97. The van der Waals surface area contributed by atoms with Crippen molar-refractivity contribution in [3.05, 3.63) is 35.6 Å². The fourth-order valence-corrected chi connectivity index (χ4v) is 2.32. The Morgan fingerprint density at radius 3 is 2.57 bits per heavy atom. The van der Waals surface area contributed by atoms with E-state index in [0.717, 1.165) is 5.52 Å². The number of halogens is 1. The number of imidazole rings is 1. The third-order valence-corrected chi connectivity index (χ3v) is 3.42. The van der Waals surface area contributed by atoms with Crippen LogP contribution in [-0.4, -0.2) is 27.3 Å². The summed E-state index contributed by atoms with van der Waals surface area (Å²) in [5.41, 5.74) is 1.68. The molecule has 3 rings (SSSR count). The largest absolute Gasteiger partial charge is 0.504 e. The number of H-pyrrole nitrogens is 1. The van der Waals surface area contributed by atoms with E-state index in [1.807, 2.05) is 18.2 Å². The van der Waals surface area contributed by atoms with Crippen LogP contribution in [-0.2, 0) is 0 Å². The van der Waals surface area contributed by atoms with Gasteiger partial charge in [0, 0.05) is 5.56 Å². The number of hydrogen-bond acceptors (Lipinski definition) is 4. The molecule has 0 amide bonds. The molecule has 0 aliphatic rings. The zero-order valence-corrected chi connectivity index (χ0v) is 11.4. The van der Waals surface area contributed by atoms with Crippen LogP contribution in [0.1, 0.15) is 5.56 Å². The molecule has 6 heteroatoms. The van der Waals surface area contributed by atoms with Gasteiger partial charge in [-0.2, -0.15) is 0 Å². The van der Waals surface area contributed by atoms with Crippen molar-refractivity contribution in [2.45, 2.75) is 6.92 Å². The van der Waals surface area contributed by atoms with Gasteiger partial charge in [-0.25, -0.2) is 9.37 Å². The molecule has 3 aromatic rings. The summed E-state index contributed by atoms with van der Waals surface area (Å²) in [6.07, 6.45) is 0. The van der Waals surface area contributed by atoms with Gasteiger partial charge in [0.2, 0.25) is 11.5 Å². The summed E-state index contributed by atoms with van der Waals surface area (Å²) in [6.45, 7) is 1.50. The van der Waals surface area contributed by atoms with Crippen LogP contribution in [0, 0.1) is 12.7 Å². The van der Waals surface area contributed by atoms with E-state index >= 15 is 0 Å². The molecule has 1 aromatic heterocycles. The molecule has 0 unspecified atom stereocenters. The molecule has 0 spiro atoms. The van der Waals surface area contributed by atoms with Crippen molar-refractivity contribution >= 4 is 11.0 Å². The molecule has 0 aliphatic heterocycles. The van der Waals surface area contributed by atoms with Crippen LogP contribution in [0.3, 0.4) is 0 Å². The molecule has 0 bridgehead atoms. The number of phenols is 2. The van der Waals surface area contributed by atoms with Crippen molar-refractivity contribution < 1.29 is 19.3 Å². The number of phenolic OH excluding ortho intramolecular Hbond substituents is 2. The summed E-state index contributed by atoms with van der Waals surface area (Å²) < 4.78 is 19.4. The third-order valence-electron chi connectivity index (χ3n) is 3.42. The molecular formula is C15H13FN2O3. The van der Waals surface area contributed by atoms with E-state index < -0.39 is 23.1 Å². The zero-order valence-electron chi connectivity index (χ0n) is 11.4. The summed E-state index contributed by atoms with van der Waals surface area (Å²) in [4.78, 5) is 7.30. The number of ether oxygens (including phenoxy) is 1. The molecule has 0 aliphatic carbocycles. The van der Waals surface area contributed by atoms with Gasteiger partial charge in [-0.05, 0) is 19.1 Å². The highest BCUT2D eigenvalue weighted by Gasteiger charge is 2.25. The van der Waals surface area contributed by atoms with E-state index in [2.05, 4.69) is 9.97 Å². The molecule has 5 nitrogen and oxygen atoms in total. The molecule has 0 fully saturated rings. The molecule has 0 saturated heterocycles. The minimum absolute atomic E-state index is 0.0679. The Kier molecular flexibility index (Phi) is 2.94. The van der Waals surface area contributed by atoms with Crippen LogP contribution in [0.5, 0.6) is 17.2 Å². The Bertz CT molecular complexity index is 810. The smallest absolute Gasteiger partial charge is 0.203 e. The molecular weight excluding hydrogens is 275 g/mol. The van der Waals surface area contributed by atoms with Crippen LogP contribution in [0.15, 0.2) is 24.3 Å². The number of nitrogens with zero attached hydrogens (tertiary/aromatic N) is 1. The molecule has 2 aromatic carbocycles.